The van der Waals surface area contributed by atoms with E-state index in [0.29, 0.717) is 11.8 Å². The summed E-state index contributed by atoms with van der Waals surface area (Å²) in [5, 5.41) is 3.36. The quantitative estimate of drug-likeness (QED) is 0.831. The maximum Gasteiger partial charge on any atom is 0.222 e. The van der Waals surface area contributed by atoms with Crippen LogP contribution in [0.1, 0.15) is 33.1 Å². The van der Waals surface area contributed by atoms with Gasteiger partial charge >= 0.3 is 0 Å². The topological polar surface area (TPSA) is 35.6 Å². The van der Waals surface area contributed by atoms with Crippen molar-refractivity contribution in [2.24, 2.45) is 11.8 Å². The Morgan fingerprint density at radius 3 is 2.37 bits per heavy atom. The van der Waals surface area contributed by atoms with E-state index in [0.717, 1.165) is 58.2 Å². The molecule has 1 amide bonds. The van der Waals surface area contributed by atoms with Gasteiger partial charge in [0.2, 0.25) is 5.91 Å². The zero-order valence-corrected chi connectivity index (χ0v) is 12.5. The van der Waals surface area contributed by atoms with Crippen molar-refractivity contribution in [2.75, 3.05) is 45.8 Å². The molecular formula is C15H29N3O. The second-order valence-corrected chi connectivity index (χ2v) is 6.47. The Morgan fingerprint density at radius 2 is 1.79 bits per heavy atom. The minimum absolute atomic E-state index is 0.385. The van der Waals surface area contributed by atoms with Crippen molar-refractivity contribution in [3.63, 3.8) is 0 Å². The molecule has 2 rings (SSSR count). The van der Waals surface area contributed by atoms with Crippen LogP contribution in [-0.2, 0) is 4.79 Å². The first kappa shape index (κ1) is 14.8. The molecule has 0 aromatic rings. The van der Waals surface area contributed by atoms with Gasteiger partial charge in [0.15, 0.2) is 0 Å². The summed E-state index contributed by atoms with van der Waals surface area (Å²) in [5.41, 5.74) is 0. The average molecular weight is 267 g/mol. The van der Waals surface area contributed by atoms with E-state index in [1.54, 1.807) is 0 Å². The molecule has 0 saturated carbocycles. The fourth-order valence-corrected chi connectivity index (χ4v) is 3.16. The Bertz CT molecular complexity index is 279. The maximum atomic E-state index is 12.3. The number of hydrogen-bond acceptors (Lipinski definition) is 3. The molecule has 4 heteroatoms. The molecule has 2 heterocycles. The first-order valence-corrected chi connectivity index (χ1v) is 7.86. The van der Waals surface area contributed by atoms with Gasteiger partial charge in [0.1, 0.15) is 0 Å². The molecule has 2 fully saturated rings. The number of carbonyl (C=O) groups excluding carboxylic acids is 1. The molecule has 0 radical (unpaired) electrons. The molecule has 0 bridgehead atoms. The molecule has 2 aliphatic heterocycles. The first-order chi connectivity index (χ1) is 9.15. The Balaban J connectivity index is 1.69. The van der Waals surface area contributed by atoms with Gasteiger partial charge in [0.05, 0.1) is 0 Å². The Morgan fingerprint density at radius 1 is 1.16 bits per heavy atom. The van der Waals surface area contributed by atoms with Gasteiger partial charge in [-0.25, -0.2) is 0 Å². The van der Waals surface area contributed by atoms with E-state index >= 15 is 0 Å². The van der Waals surface area contributed by atoms with Crippen LogP contribution in [0.3, 0.4) is 0 Å². The largest absolute Gasteiger partial charge is 0.340 e. The predicted molar refractivity (Wildman–Crippen MR) is 78.1 cm³/mol. The number of amides is 1. The third-order valence-corrected chi connectivity index (χ3v) is 4.27. The number of nitrogens with one attached hydrogen (secondary N) is 1. The van der Waals surface area contributed by atoms with Gasteiger partial charge in [-0.3, -0.25) is 9.69 Å². The normalized spacial score (nSPS) is 23.0. The van der Waals surface area contributed by atoms with Gasteiger partial charge in [-0.2, -0.15) is 0 Å². The van der Waals surface area contributed by atoms with Crippen LogP contribution < -0.4 is 5.32 Å². The van der Waals surface area contributed by atoms with Crippen molar-refractivity contribution in [1.82, 2.24) is 15.1 Å². The molecule has 1 N–H and O–H groups in total. The van der Waals surface area contributed by atoms with Crippen LogP contribution >= 0.6 is 0 Å². The molecule has 0 atom stereocenters. The molecule has 2 saturated heterocycles. The lowest BCUT2D eigenvalue weighted by atomic mass is 9.94. The van der Waals surface area contributed by atoms with Gasteiger partial charge in [0, 0.05) is 39.1 Å². The fourth-order valence-electron chi connectivity index (χ4n) is 3.16. The summed E-state index contributed by atoms with van der Waals surface area (Å²) in [5.74, 6) is 1.72. The van der Waals surface area contributed by atoms with Crippen LogP contribution in [0.5, 0.6) is 0 Å². The molecule has 0 spiro atoms. The summed E-state index contributed by atoms with van der Waals surface area (Å²) >= 11 is 0. The van der Waals surface area contributed by atoms with Crippen LogP contribution in [0, 0.1) is 11.8 Å². The monoisotopic (exact) mass is 267 g/mol. The molecule has 110 valence electrons. The van der Waals surface area contributed by atoms with Crippen molar-refractivity contribution in [1.29, 1.82) is 0 Å². The minimum Gasteiger partial charge on any atom is -0.340 e. The molecule has 4 nitrogen and oxygen atoms in total. The maximum absolute atomic E-state index is 12.3. The molecule has 0 aromatic heterocycles. The SMILES string of the molecule is CC(C)CN1CCN(C(=O)CC2CCNCC2)CC1. The van der Waals surface area contributed by atoms with Crippen molar-refractivity contribution >= 4 is 5.91 Å². The number of piperidine rings is 1. The summed E-state index contributed by atoms with van der Waals surface area (Å²) in [6, 6.07) is 0. The summed E-state index contributed by atoms with van der Waals surface area (Å²) in [6.07, 6.45) is 3.10. The Kier molecular flexibility index (Phi) is 5.64. The van der Waals surface area contributed by atoms with Crippen LogP contribution in [0.15, 0.2) is 0 Å². The van der Waals surface area contributed by atoms with Crippen LogP contribution in [0.2, 0.25) is 0 Å². The van der Waals surface area contributed by atoms with Gasteiger partial charge in [-0.1, -0.05) is 13.8 Å². The molecule has 0 unspecified atom stereocenters. The van der Waals surface area contributed by atoms with E-state index in [9.17, 15) is 4.79 Å². The van der Waals surface area contributed by atoms with E-state index in [1.165, 1.54) is 12.8 Å². The summed E-state index contributed by atoms with van der Waals surface area (Å²) < 4.78 is 0. The van der Waals surface area contributed by atoms with Gasteiger partial charge in [0.25, 0.3) is 0 Å². The second-order valence-electron chi connectivity index (χ2n) is 6.47. The zero-order chi connectivity index (χ0) is 13.7. The van der Waals surface area contributed by atoms with E-state index < -0.39 is 0 Å². The lowest BCUT2D eigenvalue weighted by Crippen LogP contribution is -2.50. The minimum atomic E-state index is 0.385. The fraction of sp³-hybridized carbons (Fsp3) is 0.933. The first-order valence-electron chi connectivity index (χ1n) is 7.86. The van der Waals surface area contributed by atoms with Gasteiger partial charge in [-0.15, -0.1) is 0 Å². The second kappa shape index (κ2) is 7.25. The standard InChI is InChI=1S/C15H29N3O/c1-13(2)12-17-7-9-18(10-8-17)15(19)11-14-3-5-16-6-4-14/h13-14,16H,3-12H2,1-2H3. The lowest BCUT2D eigenvalue weighted by molar-refractivity contribution is -0.134. The van der Waals surface area contributed by atoms with Crippen molar-refractivity contribution < 1.29 is 4.79 Å². The third kappa shape index (κ3) is 4.77. The highest BCUT2D eigenvalue weighted by Gasteiger charge is 2.24. The van der Waals surface area contributed by atoms with Gasteiger partial charge in [-0.05, 0) is 37.8 Å². The number of piperazine rings is 1. The highest BCUT2D eigenvalue weighted by atomic mass is 16.2. The molecular weight excluding hydrogens is 238 g/mol. The average Bonchev–Trinajstić information content (AvgIpc) is 2.40. The highest BCUT2D eigenvalue weighted by Crippen LogP contribution is 2.18. The molecule has 19 heavy (non-hydrogen) atoms. The van der Waals surface area contributed by atoms with Crippen molar-refractivity contribution in [3.8, 4) is 0 Å². The smallest absolute Gasteiger partial charge is 0.222 e. The number of nitrogens with zero attached hydrogens (tertiary/aromatic N) is 2. The van der Waals surface area contributed by atoms with Gasteiger partial charge < -0.3 is 10.2 Å². The van der Waals surface area contributed by atoms with Crippen LogP contribution in [0.25, 0.3) is 0 Å². The highest BCUT2D eigenvalue weighted by molar-refractivity contribution is 5.76. The van der Waals surface area contributed by atoms with Crippen LogP contribution in [-0.4, -0.2) is 61.5 Å². The van der Waals surface area contributed by atoms with Crippen molar-refractivity contribution in [2.45, 2.75) is 33.1 Å². The van der Waals surface area contributed by atoms with Crippen LogP contribution in [0.4, 0.5) is 0 Å². The summed E-state index contributed by atoms with van der Waals surface area (Å²) in [7, 11) is 0. The van der Waals surface area contributed by atoms with Crippen molar-refractivity contribution in [3.05, 3.63) is 0 Å². The summed E-state index contributed by atoms with van der Waals surface area (Å²) in [6.45, 7) is 11.8. The van der Waals surface area contributed by atoms with E-state index in [1.807, 2.05) is 0 Å². The van der Waals surface area contributed by atoms with E-state index in [2.05, 4.69) is 29.0 Å². The molecule has 0 aromatic carbocycles. The third-order valence-electron chi connectivity index (χ3n) is 4.27. The molecule has 2 aliphatic rings. The number of carbonyl (C=O) groups is 1. The Hall–Kier alpha value is -0.610. The zero-order valence-electron chi connectivity index (χ0n) is 12.5. The predicted octanol–water partition coefficient (Wildman–Crippen LogP) is 1.18. The number of hydrogen-bond donors (Lipinski definition) is 1. The lowest BCUT2D eigenvalue weighted by Gasteiger charge is -2.36. The molecule has 0 aliphatic carbocycles. The van der Waals surface area contributed by atoms with E-state index in [-0.39, 0.29) is 0 Å². The van der Waals surface area contributed by atoms with E-state index in [4.69, 9.17) is 0 Å². The number of rotatable bonds is 4. The Labute approximate surface area is 117 Å². The summed E-state index contributed by atoms with van der Waals surface area (Å²) in [4.78, 5) is 16.8.